The van der Waals surface area contributed by atoms with E-state index < -0.39 is 4.92 Å². The smallest absolute Gasteiger partial charge is 0.363 e. The third-order valence-corrected chi connectivity index (χ3v) is 2.30. The molecule has 8 heteroatoms. The minimum Gasteiger partial charge on any atom is -0.382 e. The van der Waals surface area contributed by atoms with Crippen LogP contribution >= 0.6 is 0 Å². The van der Waals surface area contributed by atoms with Gasteiger partial charge in [0.15, 0.2) is 6.20 Å². The van der Waals surface area contributed by atoms with Crippen LogP contribution in [0.1, 0.15) is 6.42 Å². The molecule has 0 bridgehead atoms. The van der Waals surface area contributed by atoms with Gasteiger partial charge in [-0.15, -0.1) is 5.10 Å². The highest BCUT2D eigenvalue weighted by atomic mass is 16.6. The van der Waals surface area contributed by atoms with Crippen LogP contribution in [0.2, 0.25) is 0 Å². The lowest BCUT2D eigenvalue weighted by Crippen LogP contribution is -2.07. The van der Waals surface area contributed by atoms with Gasteiger partial charge in [0.25, 0.3) is 0 Å². The SMILES string of the molecule is O=[N+]([O-])c1ccc(NCCCn2ccnn2)cn1. The van der Waals surface area contributed by atoms with Crippen LogP contribution in [0.3, 0.4) is 0 Å². The van der Waals surface area contributed by atoms with Crippen molar-refractivity contribution in [1.82, 2.24) is 20.0 Å². The average molecular weight is 248 g/mol. The summed E-state index contributed by atoms with van der Waals surface area (Å²) in [7, 11) is 0. The Bertz CT molecular complexity index is 496. The summed E-state index contributed by atoms with van der Waals surface area (Å²) in [6.07, 6.45) is 5.76. The van der Waals surface area contributed by atoms with Crippen LogP contribution in [0.5, 0.6) is 0 Å². The van der Waals surface area contributed by atoms with E-state index in [-0.39, 0.29) is 5.82 Å². The molecule has 2 aromatic heterocycles. The minimum absolute atomic E-state index is 0.150. The van der Waals surface area contributed by atoms with E-state index in [2.05, 4.69) is 20.6 Å². The summed E-state index contributed by atoms with van der Waals surface area (Å²) in [6, 6.07) is 3.01. The van der Waals surface area contributed by atoms with Crippen molar-refractivity contribution in [1.29, 1.82) is 0 Å². The molecule has 2 aromatic rings. The maximum Gasteiger partial charge on any atom is 0.363 e. The lowest BCUT2D eigenvalue weighted by atomic mass is 10.3. The Morgan fingerprint density at radius 3 is 2.94 bits per heavy atom. The first kappa shape index (κ1) is 12.0. The van der Waals surface area contributed by atoms with Crippen LogP contribution in [0.15, 0.2) is 30.7 Å². The van der Waals surface area contributed by atoms with Crippen LogP contribution in [-0.4, -0.2) is 31.4 Å². The van der Waals surface area contributed by atoms with Crippen molar-refractivity contribution in [2.75, 3.05) is 11.9 Å². The Labute approximate surface area is 103 Å². The molecular formula is C10H12N6O2. The fraction of sp³-hybridized carbons (Fsp3) is 0.300. The predicted octanol–water partition coefficient (Wildman–Crippen LogP) is 1.08. The van der Waals surface area contributed by atoms with Crippen molar-refractivity contribution >= 4 is 11.5 Å². The van der Waals surface area contributed by atoms with Crippen molar-refractivity contribution in [2.24, 2.45) is 0 Å². The van der Waals surface area contributed by atoms with E-state index in [4.69, 9.17) is 0 Å². The molecule has 2 heterocycles. The summed E-state index contributed by atoms with van der Waals surface area (Å²) in [4.78, 5) is 13.6. The number of rotatable bonds is 6. The van der Waals surface area contributed by atoms with Crippen LogP contribution in [-0.2, 0) is 6.54 Å². The van der Waals surface area contributed by atoms with E-state index in [0.29, 0.717) is 0 Å². The second-order valence-electron chi connectivity index (χ2n) is 3.61. The lowest BCUT2D eigenvalue weighted by Gasteiger charge is -2.04. The van der Waals surface area contributed by atoms with Crippen molar-refractivity contribution < 1.29 is 4.92 Å². The molecule has 2 rings (SSSR count). The molecule has 0 aliphatic carbocycles. The summed E-state index contributed by atoms with van der Waals surface area (Å²) in [5, 5.41) is 21.1. The Balaban J connectivity index is 1.75. The van der Waals surface area contributed by atoms with E-state index in [1.807, 2.05) is 0 Å². The number of anilines is 1. The molecule has 0 saturated carbocycles. The number of hydrogen-bond acceptors (Lipinski definition) is 6. The highest BCUT2D eigenvalue weighted by Gasteiger charge is 2.05. The highest BCUT2D eigenvalue weighted by Crippen LogP contribution is 2.11. The Morgan fingerprint density at radius 2 is 2.33 bits per heavy atom. The summed E-state index contributed by atoms with van der Waals surface area (Å²) in [5.41, 5.74) is 0.763. The summed E-state index contributed by atoms with van der Waals surface area (Å²) >= 11 is 0. The van der Waals surface area contributed by atoms with Gasteiger partial charge in [-0.3, -0.25) is 4.68 Å². The first-order valence-electron chi connectivity index (χ1n) is 5.44. The maximum absolute atomic E-state index is 10.4. The van der Waals surface area contributed by atoms with Crippen LogP contribution in [0.4, 0.5) is 11.5 Å². The fourth-order valence-electron chi connectivity index (χ4n) is 1.42. The van der Waals surface area contributed by atoms with Gasteiger partial charge in [0, 0.05) is 25.4 Å². The Hall–Kier alpha value is -2.51. The maximum atomic E-state index is 10.4. The topological polar surface area (TPSA) is 98.8 Å². The van der Waals surface area contributed by atoms with Crippen molar-refractivity contribution in [3.8, 4) is 0 Å². The van der Waals surface area contributed by atoms with Crippen molar-refractivity contribution in [2.45, 2.75) is 13.0 Å². The summed E-state index contributed by atoms with van der Waals surface area (Å²) in [5.74, 6) is -0.150. The fourth-order valence-corrected chi connectivity index (χ4v) is 1.42. The number of hydrogen-bond donors (Lipinski definition) is 1. The average Bonchev–Trinajstić information content (AvgIpc) is 2.88. The third-order valence-electron chi connectivity index (χ3n) is 2.30. The molecule has 0 aliphatic heterocycles. The zero-order chi connectivity index (χ0) is 12.8. The highest BCUT2D eigenvalue weighted by molar-refractivity contribution is 5.43. The molecule has 0 radical (unpaired) electrons. The normalized spacial score (nSPS) is 10.2. The molecule has 0 aliphatic rings. The van der Waals surface area contributed by atoms with Crippen LogP contribution in [0.25, 0.3) is 0 Å². The van der Waals surface area contributed by atoms with Crippen molar-refractivity contribution in [3.05, 3.63) is 40.8 Å². The third kappa shape index (κ3) is 3.24. The molecule has 0 fully saturated rings. The Morgan fingerprint density at radius 1 is 1.44 bits per heavy atom. The number of nitro groups is 1. The van der Waals surface area contributed by atoms with Gasteiger partial charge in [-0.1, -0.05) is 5.21 Å². The number of nitrogens with one attached hydrogen (secondary N) is 1. The molecule has 0 saturated heterocycles. The molecule has 0 amide bonds. The largest absolute Gasteiger partial charge is 0.382 e. The molecule has 18 heavy (non-hydrogen) atoms. The first-order chi connectivity index (χ1) is 8.75. The molecule has 8 nitrogen and oxygen atoms in total. The molecule has 0 atom stereocenters. The lowest BCUT2D eigenvalue weighted by molar-refractivity contribution is -0.389. The molecule has 0 spiro atoms. The van der Waals surface area contributed by atoms with E-state index in [1.165, 1.54) is 12.3 Å². The van der Waals surface area contributed by atoms with Gasteiger partial charge in [-0.2, -0.15) is 0 Å². The van der Waals surface area contributed by atoms with E-state index in [9.17, 15) is 10.1 Å². The molecule has 0 unspecified atom stereocenters. The van der Waals surface area contributed by atoms with Crippen LogP contribution < -0.4 is 5.32 Å². The quantitative estimate of drug-likeness (QED) is 0.466. The van der Waals surface area contributed by atoms with Crippen molar-refractivity contribution in [3.63, 3.8) is 0 Å². The van der Waals surface area contributed by atoms with Gasteiger partial charge >= 0.3 is 5.82 Å². The summed E-state index contributed by atoms with van der Waals surface area (Å²) < 4.78 is 1.75. The zero-order valence-corrected chi connectivity index (χ0v) is 9.56. The molecule has 0 aromatic carbocycles. The number of aryl methyl sites for hydroxylation is 1. The zero-order valence-electron chi connectivity index (χ0n) is 9.56. The number of aromatic nitrogens is 4. The number of nitrogens with zero attached hydrogens (tertiary/aromatic N) is 5. The Kier molecular flexibility index (Phi) is 3.79. The van der Waals surface area contributed by atoms with Gasteiger partial charge in [0.2, 0.25) is 0 Å². The van der Waals surface area contributed by atoms with E-state index in [0.717, 1.165) is 25.2 Å². The second-order valence-corrected chi connectivity index (χ2v) is 3.61. The standard InChI is InChI=1S/C10H12N6O2/c17-16(18)10-3-2-9(8-12-10)11-4-1-6-15-7-5-13-14-15/h2-3,5,7-8,11H,1,4,6H2. The number of pyridine rings is 1. The molecular weight excluding hydrogens is 236 g/mol. The summed E-state index contributed by atoms with van der Waals surface area (Å²) in [6.45, 7) is 1.51. The van der Waals surface area contributed by atoms with E-state index in [1.54, 1.807) is 23.1 Å². The monoisotopic (exact) mass is 248 g/mol. The van der Waals surface area contributed by atoms with Gasteiger partial charge in [0.1, 0.15) is 0 Å². The predicted molar refractivity (Wildman–Crippen MR) is 64.0 cm³/mol. The minimum atomic E-state index is -0.519. The molecule has 1 N–H and O–H groups in total. The molecule has 94 valence electrons. The van der Waals surface area contributed by atoms with Gasteiger partial charge < -0.3 is 15.4 Å². The van der Waals surface area contributed by atoms with Gasteiger partial charge in [-0.25, -0.2) is 0 Å². The second kappa shape index (κ2) is 5.71. The van der Waals surface area contributed by atoms with Crippen LogP contribution in [0, 0.1) is 10.1 Å². The van der Waals surface area contributed by atoms with Gasteiger partial charge in [0.05, 0.1) is 11.9 Å². The first-order valence-corrected chi connectivity index (χ1v) is 5.44. The van der Waals surface area contributed by atoms with Gasteiger partial charge in [-0.05, 0) is 22.4 Å². The van der Waals surface area contributed by atoms with E-state index >= 15 is 0 Å².